The summed E-state index contributed by atoms with van der Waals surface area (Å²) in [5.74, 6) is 1.00. The first-order chi connectivity index (χ1) is 7.42. The van der Waals surface area contributed by atoms with E-state index in [-0.39, 0.29) is 0 Å². The minimum absolute atomic E-state index is 1.00. The van der Waals surface area contributed by atoms with E-state index >= 15 is 0 Å². The number of hydrogen-bond acceptors (Lipinski definition) is 1. The Labute approximate surface area is 91.5 Å². The first kappa shape index (κ1) is 10.3. The fourth-order valence-corrected chi connectivity index (χ4v) is 1.94. The average Bonchev–Trinajstić information content (AvgIpc) is 2.68. The van der Waals surface area contributed by atoms with E-state index in [2.05, 4.69) is 25.1 Å². The maximum absolute atomic E-state index is 5.41. The smallest absolute Gasteiger partial charge is 0.134 e. The molecule has 0 N–H and O–H groups in total. The zero-order valence-corrected chi connectivity index (χ0v) is 9.04. The quantitative estimate of drug-likeness (QED) is 0.656. The van der Waals surface area contributed by atoms with Gasteiger partial charge in [-0.25, -0.2) is 0 Å². The highest BCUT2D eigenvalue weighted by Gasteiger charge is 2.09. The van der Waals surface area contributed by atoms with Crippen molar-refractivity contribution in [2.75, 3.05) is 0 Å². The molecule has 1 heteroatoms. The lowest BCUT2D eigenvalue weighted by molar-refractivity contribution is 0.566. The molecule has 0 fully saturated rings. The maximum atomic E-state index is 5.41. The van der Waals surface area contributed by atoms with Crippen LogP contribution in [0.4, 0.5) is 0 Å². The summed E-state index contributed by atoms with van der Waals surface area (Å²) in [5, 5.41) is 0. The molecule has 0 atom stereocenters. The first-order valence-corrected chi connectivity index (χ1v) is 5.66. The molecule has 0 spiro atoms. The molecule has 1 aliphatic heterocycles. The summed E-state index contributed by atoms with van der Waals surface area (Å²) in [4.78, 5) is 0. The molecule has 1 nitrogen and oxygen atoms in total. The molecule has 2 rings (SSSR count). The number of rotatable bonds is 5. The van der Waals surface area contributed by atoms with E-state index in [1.54, 1.807) is 6.26 Å². The Kier molecular flexibility index (Phi) is 3.44. The number of aryl methyl sites for hydroxylation is 1. The standard InChI is InChI=1S/C14H17O/c1-2-3-4-5-7-12-9-10-14-13(12)8-6-11-15-14/h6,8-11H,1-5,7H2. The van der Waals surface area contributed by atoms with Gasteiger partial charge in [-0.05, 0) is 36.6 Å². The summed E-state index contributed by atoms with van der Waals surface area (Å²) < 4.78 is 5.41. The monoisotopic (exact) mass is 201 g/mol. The zero-order chi connectivity index (χ0) is 10.5. The molecule has 1 heterocycles. The fraction of sp³-hybridized carbons (Fsp3) is 0.357. The SMILES string of the molecule is [CH2]CCCCCc1ccc2occcc1-2. The van der Waals surface area contributed by atoms with Crippen molar-refractivity contribution in [3.05, 3.63) is 43.0 Å². The van der Waals surface area contributed by atoms with E-state index in [0.29, 0.717) is 0 Å². The third kappa shape index (κ3) is 2.41. The van der Waals surface area contributed by atoms with Gasteiger partial charge in [0.15, 0.2) is 0 Å². The van der Waals surface area contributed by atoms with Crippen molar-refractivity contribution < 1.29 is 4.42 Å². The van der Waals surface area contributed by atoms with Crippen molar-refractivity contribution >= 4 is 0 Å². The zero-order valence-electron chi connectivity index (χ0n) is 9.04. The van der Waals surface area contributed by atoms with E-state index in [1.807, 2.05) is 6.07 Å². The third-order valence-electron chi connectivity index (χ3n) is 2.78. The topological polar surface area (TPSA) is 13.1 Å². The van der Waals surface area contributed by atoms with Crippen LogP contribution in [0.5, 0.6) is 0 Å². The predicted octanol–water partition coefficient (Wildman–Crippen LogP) is 4.32. The Morgan fingerprint density at radius 2 is 2.00 bits per heavy atom. The van der Waals surface area contributed by atoms with Crippen LogP contribution in [-0.2, 0) is 6.42 Å². The Bertz CT molecular complexity index is 375. The van der Waals surface area contributed by atoms with E-state index in [0.717, 1.165) is 18.6 Å². The molecule has 0 aromatic rings. The molecule has 79 valence electrons. The van der Waals surface area contributed by atoms with E-state index in [1.165, 1.54) is 30.4 Å². The molecule has 0 bridgehead atoms. The highest BCUT2D eigenvalue weighted by molar-refractivity contribution is 5.65. The van der Waals surface area contributed by atoms with E-state index < -0.39 is 0 Å². The van der Waals surface area contributed by atoms with Crippen molar-refractivity contribution in [1.82, 2.24) is 0 Å². The van der Waals surface area contributed by atoms with Gasteiger partial charge in [0.2, 0.25) is 0 Å². The number of unbranched alkanes of at least 4 members (excludes halogenated alkanes) is 3. The number of hydrogen-bond donors (Lipinski definition) is 0. The van der Waals surface area contributed by atoms with Crippen LogP contribution < -0.4 is 0 Å². The van der Waals surface area contributed by atoms with Crippen LogP contribution >= 0.6 is 0 Å². The second kappa shape index (κ2) is 5.01. The largest absolute Gasteiger partial charge is 0.464 e. The first-order valence-electron chi connectivity index (χ1n) is 5.66. The van der Waals surface area contributed by atoms with Crippen molar-refractivity contribution in [2.24, 2.45) is 0 Å². The van der Waals surface area contributed by atoms with Gasteiger partial charge in [-0.15, -0.1) is 0 Å². The van der Waals surface area contributed by atoms with Crippen LogP contribution in [0.3, 0.4) is 0 Å². The molecular weight excluding hydrogens is 184 g/mol. The van der Waals surface area contributed by atoms with Crippen molar-refractivity contribution in [1.29, 1.82) is 0 Å². The molecule has 15 heavy (non-hydrogen) atoms. The molecule has 0 saturated heterocycles. The van der Waals surface area contributed by atoms with Crippen molar-refractivity contribution in [3.8, 4) is 11.3 Å². The molecule has 2 aliphatic rings. The van der Waals surface area contributed by atoms with Crippen molar-refractivity contribution in [3.63, 3.8) is 0 Å². The Balaban J connectivity index is 1.97. The molecule has 1 aliphatic carbocycles. The van der Waals surface area contributed by atoms with Crippen LogP contribution in [0.25, 0.3) is 11.3 Å². The van der Waals surface area contributed by atoms with Gasteiger partial charge < -0.3 is 4.42 Å². The molecule has 0 saturated carbocycles. The van der Waals surface area contributed by atoms with Gasteiger partial charge >= 0.3 is 0 Å². The fourth-order valence-electron chi connectivity index (χ4n) is 1.94. The maximum Gasteiger partial charge on any atom is 0.134 e. The summed E-state index contributed by atoms with van der Waals surface area (Å²) in [6.07, 6.45) is 7.71. The van der Waals surface area contributed by atoms with Crippen LogP contribution in [-0.4, -0.2) is 0 Å². The minimum Gasteiger partial charge on any atom is -0.464 e. The molecule has 0 amide bonds. The lowest BCUT2D eigenvalue weighted by Crippen LogP contribution is -1.85. The molecule has 1 radical (unpaired) electrons. The summed E-state index contributed by atoms with van der Waals surface area (Å²) >= 11 is 0. The highest BCUT2D eigenvalue weighted by atomic mass is 16.3. The number of fused-ring (bicyclic) bond motifs is 1. The third-order valence-corrected chi connectivity index (χ3v) is 2.78. The minimum atomic E-state index is 1.00. The van der Waals surface area contributed by atoms with E-state index in [9.17, 15) is 0 Å². The van der Waals surface area contributed by atoms with Crippen LogP contribution in [0.2, 0.25) is 0 Å². The van der Waals surface area contributed by atoms with Crippen LogP contribution in [0, 0.1) is 6.92 Å². The van der Waals surface area contributed by atoms with Gasteiger partial charge in [-0.1, -0.05) is 32.3 Å². The van der Waals surface area contributed by atoms with Gasteiger partial charge in [0, 0.05) is 5.56 Å². The Morgan fingerprint density at radius 3 is 2.87 bits per heavy atom. The summed E-state index contributed by atoms with van der Waals surface area (Å²) in [5.41, 5.74) is 2.69. The second-order valence-electron chi connectivity index (χ2n) is 3.91. The molecule has 0 aromatic heterocycles. The summed E-state index contributed by atoms with van der Waals surface area (Å²) in [6, 6.07) is 8.34. The molecular formula is C14H17O. The highest BCUT2D eigenvalue weighted by Crippen LogP contribution is 2.28. The summed E-state index contributed by atoms with van der Waals surface area (Å²) in [7, 11) is 0. The lowest BCUT2D eigenvalue weighted by atomic mass is 10.0. The van der Waals surface area contributed by atoms with Gasteiger partial charge in [0.1, 0.15) is 5.76 Å². The van der Waals surface area contributed by atoms with Crippen LogP contribution in [0.15, 0.2) is 34.9 Å². The van der Waals surface area contributed by atoms with Gasteiger partial charge in [0.05, 0.1) is 6.26 Å². The van der Waals surface area contributed by atoms with Gasteiger partial charge in [0.25, 0.3) is 0 Å². The average molecular weight is 201 g/mol. The predicted molar refractivity (Wildman–Crippen MR) is 62.9 cm³/mol. The molecule has 0 aromatic carbocycles. The van der Waals surface area contributed by atoms with Crippen LogP contribution in [0.1, 0.15) is 31.2 Å². The second-order valence-corrected chi connectivity index (χ2v) is 3.91. The van der Waals surface area contributed by atoms with Crippen molar-refractivity contribution in [2.45, 2.75) is 32.1 Å². The Morgan fingerprint density at radius 1 is 1.07 bits per heavy atom. The molecule has 0 unspecified atom stereocenters. The lowest BCUT2D eigenvalue weighted by Gasteiger charge is -2.02. The van der Waals surface area contributed by atoms with Gasteiger partial charge in [-0.3, -0.25) is 0 Å². The Hall–Kier alpha value is -1.24. The summed E-state index contributed by atoms with van der Waals surface area (Å²) in [6.45, 7) is 3.86. The van der Waals surface area contributed by atoms with Gasteiger partial charge in [-0.2, -0.15) is 0 Å². The van der Waals surface area contributed by atoms with E-state index in [4.69, 9.17) is 4.42 Å². The normalized spacial score (nSPS) is 11.0.